The number of carbonyl (C=O) groups excluding carboxylic acids is 1. The van der Waals surface area contributed by atoms with Gasteiger partial charge in [0.15, 0.2) is 0 Å². The molecule has 1 aliphatic carbocycles. The molecule has 1 rings (SSSR count). The topological polar surface area (TPSA) is 17.1 Å². The highest BCUT2D eigenvalue weighted by atomic mass is 32.2. The average molecular weight is 393 g/mol. The molecule has 0 aromatic carbocycles. The van der Waals surface area contributed by atoms with Gasteiger partial charge in [0.2, 0.25) is 0 Å². The van der Waals surface area contributed by atoms with E-state index in [1.807, 2.05) is 11.8 Å². The molecule has 0 saturated carbocycles. The maximum absolute atomic E-state index is 11.2. The second-order valence-corrected chi connectivity index (χ2v) is 10.3. The van der Waals surface area contributed by atoms with Crippen LogP contribution in [0, 0.1) is 5.41 Å². The molecule has 0 unspecified atom stereocenters. The summed E-state index contributed by atoms with van der Waals surface area (Å²) in [6, 6.07) is 0. The van der Waals surface area contributed by atoms with Crippen LogP contribution in [0.1, 0.15) is 111 Å². The van der Waals surface area contributed by atoms with Gasteiger partial charge in [-0.3, -0.25) is 0 Å². The lowest BCUT2D eigenvalue weighted by Crippen LogP contribution is -2.21. The average Bonchev–Trinajstić information content (AvgIpc) is 2.62. The van der Waals surface area contributed by atoms with Crippen molar-refractivity contribution in [2.24, 2.45) is 5.41 Å². The molecule has 0 aliphatic heterocycles. The second kappa shape index (κ2) is 14.5. The number of carbonyl (C=O) groups is 1. The summed E-state index contributed by atoms with van der Waals surface area (Å²) < 4.78 is 0. The van der Waals surface area contributed by atoms with Crippen molar-refractivity contribution in [3.8, 4) is 0 Å². The molecule has 0 spiro atoms. The highest BCUT2D eigenvalue weighted by Crippen LogP contribution is 2.41. The predicted octanol–water partition coefficient (Wildman–Crippen LogP) is 8.29. The molecule has 2 heteroatoms. The van der Waals surface area contributed by atoms with E-state index in [0.717, 1.165) is 19.1 Å². The summed E-state index contributed by atoms with van der Waals surface area (Å²) in [7, 11) is 0. The fourth-order valence-electron chi connectivity index (χ4n) is 4.11. The number of hydrogen-bond acceptors (Lipinski definition) is 2. The molecule has 0 amide bonds. The molecule has 0 heterocycles. The van der Waals surface area contributed by atoms with Crippen molar-refractivity contribution in [3.63, 3.8) is 0 Å². The Balaban J connectivity index is 2.20. The lowest BCUT2D eigenvalue weighted by molar-refractivity contribution is -0.107. The Kier molecular flexibility index (Phi) is 13.2. The number of hydrogen-bond donors (Lipinski definition) is 0. The third kappa shape index (κ3) is 10.6. The van der Waals surface area contributed by atoms with E-state index in [1.165, 1.54) is 75.5 Å². The van der Waals surface area contributed by atoms with Gasteiger partial charge in [-0.1, -0.05) is 102 Å². The smallest absolute Gasteiger partial charge is 0.121 e. The quantitative estimate of drug-likeness (QED) is 0.194. The zero-order valence-corrected chi connectivity index (χ0v) is 19.3. The number of thioether (sulfide) groups is 1. The molecule has 27 heavy (non-hydrogen) atoms. The Bertz CT molecular complexity index is 461. The molecule has 0 fully saturated rings. The van der Waals surface area contributed by atoms with E-state index in [-0.39, 0.29) is 5.41 Å². The Morgan fingerprint density at radius 1 is 1.04 bits per heavy atom. The van der Waals surface area contributed by atoms with Crippen molar-refractivity contribution < 1.29 is 4.79 Å². The molecule has 1 atom stereocenters. The molecule has 0 N–H and O–H groups in total. The standard InChI is InChI=1S/C25H44OS/c1-5-6-7-8-9-10-11-12-13-14-20-27-23(17-19-26)21-24-22(2)16-15-18-25(24,3)4/h15-16,19,23H,5-14,17-18,20-21H2,1-4H3/t23-/m1/s1. The van der Waals surface area contributed by atoms with Crippen molar-refractivity contribution >= 4 is 18.0 Å². The van der Waals surface area contributed by atoms with Gasteiger partial charge in [-0.05, 0) is 37.4 Å². The van der Waals surface area contributed by atoms with Crippen LogP contribution in [0.15, 0.2) is 23.3 Å². The third-order valence-corrected chi connectivity index (χ3v) is 7.29. The first-order valence-electron chi connectivity index (χ1n) is 11.4. The first-order chi connectivity index (χ1) is 13.0. The lowest BCUT2D eigenvalue weighted by atomic mass is 9.74. The first kappa shape index (κ1) is 24.5. The van der Waals surface area contributed by atoms with E-state index in [0.29, 0.717) is 11.7 Å². The van der Waals surface area contributed by atoms with Crippen molar-refractivity contribution in [1.82, 2.24) is 0 Å². The zero-order chi connectivity index (χ0) is 20.0. The van der Waals surface area contributed by atoms with Gasteiger partial charge in [0, 0.05) is 11.7 Å². The Morgan fingerprint density at radius 2 is 1.63 bits per heavy atom. The van der Waals surface area contributed by atoms with E-state index in [2.05, 4.69) is 39.8 Å². The van der Waals surface area contributed by atoms with Crippen LogP contribution in [0.3, 0.4) is 0 Å². The summed E-state index contributed by atoms with van der Waals surface area (Å²) >= 11 is 2.03. The fourth-order valence-corrected chi connectivity index (χ4v) is 5.31. The van der Waals surface area contributed by atoms with E-state index in [1.54, 1.807) is 5.57 Å². The molecule has 0 radical (unpaired) electrons. The van der Waals surface area contributed by atoms with Gasteiger partial charge in [-0.2, -0.15) is 11.8 Å². The maximum Gasteiger partial charge on any atom is 0.121 e. The Hall–Kier alpha value is -0.500. The third-order valence-electron chi connectivity index (χ3n) is 5.93. The van der Waals surface area contributed by atoms with Gasteiger partial charge < -0.3 is 4.79 Å². The van der Waals surface area contributed by atoms with Gasteiger partial charge in [0.05, 0.1) is 0 Å². The predicted molar refractivity (Wildman–Crippen MR) is 124 cm³/mol. The maximum atomic E-state index is 11.2. The van der Waals surface area contributed by atoms with E-state index < -0.39 is 0 Å². The van der Waals surface area contributed by atoms with Crippen molar-refractivity contribution in [3.05, 3.63) is 23.3 Å². The number of aldehydes is 1. The molecule has 0 saturated heterocycles. The minimum atomic E-state index is 0.248. The largest absolute Gasteiger partial charge is 0.303 e. The van der Waals surface area contributed by atoms with E-state index in [9.17, 15) is 4.79 Å². The SMILES string of the molecule is CCCCCCCCCCCCS[C@H](CC=O)CC1=C(C)C=CCC1(C)C. The summed E-state index contributed by atoms with van der Waals surface area (Å²) in [5.74, 6) is 1.21. The van der Waals surface area contributed by atoms with Crippen LogP contribution in [-0.4, -0.2) is 17.3 Å². The minimum Gasteiger partial charge on any atom is -0.303 e. The summed E-state index contributed by atoms with van der Waals surface area (Å²) in [6.45, 7) is 9.21. The summed E-state index contributed by atoms with van der Waals surface area (Å²) in [5, 5.41) is 0.455. The molecule has 156 valence electrons. The number of rotatable bonds is 16. The summed E-state index contributed by atoms with van der Waals surface area (Å²) in [6.07, 6.45) is 22.5. The summed E-state index contributed by atoms with van der Waals surface area (Å²) in [4.78, 5) is 11.2. The highest BCUT2D eigenvalue weighted by molar-refractivity contribution is 7.99. The van der Waals surface area contributed by atoms with Crippen LogP contribution in [0.2, 0.25) is 0 Å². The number of unbranched alkanes of at least 4 members (excludes halogenated alkanes) is 9. The van der Waals surface area contributed by atoms with Crippen LogP contribution in [0.25, 0.3) is 0 Å². The van der Waals surface area contributed by atoms with Gasteiger partial charge >= 0.3 is 0 Å². The van der Waals surface area contributed by atoms with Gasteiger partial charge in [0.1, 0.15) is 6.29 Å². The molecule has 0 aromatic heterocycles. The molecule has 1 nitrogen and oxygen atoms in total. The molecule has 0 bridgehead atoms. The normalized spacial score (nSPS) is 17.3. The van der Waals surface area contributed by atoms with Crippen LogP contribution in [0.4, 0.5) is 0 Å². The Labute approximate surface area is 173 Å². The zero-order valence-electron chi connectivity index (χ0n) is 18.5. The van der Waals surface area contributed by atoms with Gasteiger partial charge in [-0.15, -0.1) is 0 Å². The Morgan fingerprint density at radius 3 is 2.19 bits per heavy atom. The van der Waals surface area contributed by atoms with Crippen LogP contribution in [0.5, 0.6) is 0 Å². The minimum absolute atomic E-state index is 0.248. The van der Waals surface area contributed by atoms with Crippen LogP contribution < -0.4 is 0 Å². The van der Waals surface area contributed by atoms with Crippen LogP contribution >= 0.6 is 11.8 Å². The van der Waals surface area contributed by atoms with Crippen molar-refractivity contribution in [2.45, 2.75) is 116 Å². The highest BCUT2D eigenvalue weighted by Gasteiger charge is 2.28. The number of allylic oxidation sites excluding steroid dienone is 4. The van der Waals surface area contributed by atoms with E-state index >= 15 is 0 Å². The molecule has 0 aromatic rings. The van der Waals surface area contributed by atoms with Crippen molar-refractivity contribution in [1.29, 1.82) is 0 Å². The van der Waals surface area contributed by atoms with E-state index in [4.69, 9.17) is 0 Å². The van der Waals surface area contributed by atoms with Crippen molar-refractivity contribution in [2.75, 3.05) is 5.75 Å². The van der Waals surface area contributed by atoms with Gasteiger partial charge in [0.25, 0.3) is 0 Å². The molecular formula is C25H44OS. The van der Waals surface area contributed by atoms with Gasteiger partial charge in [-0.25, -0.2) is 0 Å². The second-order valence-electron chi connectivity index (χ2n) is 8.93. The monoisotopic (exact) mass is 392 g/mol. The first-order valence-corrected chi connectivity index (χ1v) is 12.5. The van der Waals surface area contributed by atoms with Crippen LogP contribution in [-0.2, 0) is 4.79 Å². The molecular weight excluding hydrogens is 348 g/mol. The lowest BCUT2D eigenvalue weighted by Gasteiger charge is -2.33. The molecule has 1 aliphatic rings. The summed E-state index contributed by atoms with van der Waals surface area (Å²) in [5.41, 5.74) is 3.23. The fraction of sp³-hybridized carbons (Fsp3) is 0.800.